The fourth-order valence-corrected chi connectivity index (χ4v) is 4.34. The summed E-state index contributed by atoms with van der Waals surface area (Å²) in [6.45, 7) is 12.4. The molecule has 0 N–H and O–H groups in total. The van der Waals surface area contributed by atoms with Gasteiger partial charge < -0.3 is 9.31 Å². The van der Waals surface area contributed by atoms with Gasteiger partial charge in [0, 0.05) is 16.5 Å². The first-order valence-electron chi connectivity index (χ1n) is 12.1. The Morgan fingerprint density at radius 2 is 1.46 bits per heavy atom. The summed E-state index contributed by atoms with van der Waals surface area (Å²) in [5.74, 6) is 0.701. The SMILES string of the molecule is C/C=C\c1cc(-c2nc(-c3ccc(B4OC(C)(C)C(C)(C)O4)cc3)nc3ccccc23)ccc1C. The third kappa shape index (κ3) is 4.31. The molecule has 0 unspecified atom stereocenters. The fraction of sp³-hybridized carbons (Fsp3) is 0.267. The van der Waals surface area contributed by atoms with Crippen LogP contribution in [0.1, 0.15) is 45.7 Å². The number of allylic oxidation sites excluding steroid dienone is 1. The first-order valence-corrected chi connectivity index (χ1v) is 12.1. The zero-order valence-electron chi connectivity index (χ0n) is 21.3. The van der Waals surface area contributed by atoms with E-state index in [0.29, 0.717) is 5.82 Å². The molecule has 1 fully saturated rings. The van der Waals surface area contributed by atoms with Gasteiger partial charge in [-0.2, -0.15) is 0 Å². The van der Waals surface area contributed by atoms with Gasteiger partial charge in [-0.1, -0.05) is 66.7 Å². The van der Waals surface area contributed by atoms with Crippen molar-refractivity contribution in [3.05, 3.63) is 83.9 Å². The second kappa shape index (κ2) is 8.74. The molecule has 0 saturated carbocycles. The van der Waals surface area contributed by atoms with E-state index in [9.17, 15) is 0 Å². The molecule has 5 rings (SSSR count). The van der Waals surface area contributed by atoms with Crippen molar-refractivity contribution in [2.45, 2.75) is 52.7 Å². The normalized spacial score (nSPS) is 16.9. The van der Waals surface area contributed by atoms with E-state index in [-0.39, 0.29) is 18.3 Å². The predicted molar refractivity (Wildman–Crippen MR) is 146 cm³/mol. The van der Waals surface area contributed by atoms with E-state index >= 15 is 0 Å². The van der Waals surface area contributed by atoms with E-state index < -0.39 is 0 Å². The van der Waals surface area contributed by atoms with Gasteiger partial charge in [-0.05, 0) is 70.3 Å². The lowest BCUT2D eigenvalue weighted by atomic mass is 9.79. The van der Waals surface area contributed by atoms with Crippen LogP contribution < -0.4 is 5.46 Å². The van der Waals surface area contributed by atoms with Gasteiger partial charge in [0.25, 0.3) is 0 Å². The van der Waals surface area contributed by atoms with Crippen LogP contribution in [-0.2, 0) is 9.31 Å². The number of aromatic nitrogens is 2. The van der Waals surface area contributed by atoms with E-state index in [2.05, 4.69) is 83.2 Å². The summed E-state index contributed by atoms with van der Waals surface area (Å²) < 4.78 is 12.4. The minimum absolute atomic E-state index is 0.368. The molecule has 5 heteroatoms. The van der Waals surface area contributed by atoms with Gasteiger partial charge in [0.05, 0.1) is 22.4 Å². The molecule has 1 aromatic heterocycles. The highest BCUT2D eigenvalue weighted by molar-refractivity contribution is 6.62. The van der Waals surface area contributed by atoms with Gasteiger partial charge in [0.1, 0.15) is 0 Å². The van der Waals surface area contributed by atoms with Crippen LogP contribution in [0, 0.1) is 6.92 Å². The molecule has 35 heavy (non-hydrogen) atoms. The van der Waals surface area contributed by atoms with Crippen molar-refractivity contribution in [1.82, 2.24) is 9.97 Å². The Hall–Kier alpha value is -3.28. The molecule has 1 aliphatic heterocycles. The molecular formula is C30H31BN2O2. The quantitative estimate of drug-likeness (QED) is 0.321. The number of benzene rings is 3. The molecule has 0 bridgehead atoms. The predicted octanol–water partition coefficient (Wildman–Crippen LogP) is 6.60. The Kier molecular flexibility index (Phi) is 5.86. The fourth-order valence-electron chi connectivity index (χ4n) is 4.34. The third-order valence-corrected chi connectivity index (χ3v) is 7.20. The summed E-state index contributed by atoms with van der Waals surface area (Å²) in [7, 11) is -0.389. The second-order valence-electron chi connectivity index (χ2n) is 10.2. The van der Waals surface area contributed by atoms with Crippen molar-refractivity contribution in [2.75, 3.05) is 0 Å². The average molecular weight is 462 g/mol. The van der Waals surface area contributed by atoms with Gasteiger partial charge >= 0.3 is 7.12 Å². The second-order valence-corrected chi connectivity index (χ2v) is 10.2. The van der Waals surface area contributed by atoms with E-state index in [0.717, 1.165) is 33.2 Å². The maximum Gasteiger partial charge on any atom is 0.494 e. The summed E-state index contributed by atoms with van der Waals surface area (Å²) >= 11 is 0. The Labute approximate surface area is 208 Å². The Bertz CT molecular complexity index is 1410. The number of para-hydroxylation sites is 1. The van der Waals surface area contributed by atoms with Crippen LogP contribution in [0.3, 0.4) is 0 Å². The van der Waals surface area contributed by atoms with Crippen molar-refractivity contribution < 1.29 is 9.31 Å². The summed E-state index contributed by atoms with van der Waals surface area (Å²) in [5.41, 5.74) is 6.59. The summed E-state index contributed by atoms with van der Waals surface area (Å²) in [4.78, 5) is 9.94. The molecule has 2 heterocycles. The van der Waals surface area contributed by atoms with Crippen LogP contribution in [0.25, 0.3) is 39.6 Å². The number of hydrogen-bond acceptors (Lipinski definition) is 4. The van der Waals surface area contributed by atoms with Crippen molar-refractivity contribution in [2.24, 2.45) is 0 Å². The first-order chi connectivity index (χ1) is 16.7. The molecule has 0 radical (unpaired) electrons. The lowest BCUT2D eigenvalue weighted by Crippen LogP contribution is -2.41. The molecule has 0 aliphatic carbocycles. The molecule has 1 aliphatic rings. The van der Waals surface area contributed by atoms with E-state index in [1.165, 1.54) is 11.1 Å². The third-order valence-electron chi connectivity index (χ3n) is 7.20. The van der Waals surface area contributed by atoms with Gasteiger partial charge in [0.2, 0.25) is 0 Å². The van der Waals surface area contributed by atoms with Gasteiger partial charge in [-0.25, -0.2) is 9.97 Å². The zero-order valence-corrected chi connectivity index (χ0v) is 21.3. The van der Waals surface area contributed by atoms with Crippen LogP contribution in [0.2, 0.25) is 0 Å². The van der Waals surface area contributed by atoms with Crippen LogP contribution in [0.5, 0.6) is 0 Å². The smallest absolute Gasteiger partial charge is 0.399 e. The number of rotatable bonds is 4. The molecule has 1 saturated heterocycles. The monoisotopic (exact) mass is 462 g/mol. The molecule has 4 nitrogen and oxygen atoms in total. The first kappa shape index (κ1) is 23.5. The Morgan fingerprint density at radius 1 is 0.800 bits per heavy atom. The summed E-state index contributed by atoms with van der Waals surface area (Å²) in [5, 5.41) is 1.04. The minimum atomic E-state index is -0.389. The summed E-state index contributed by atoms with van der Waals surface area (Å²) in [6, 6.07) is 22.9. The van der Waals surface area contributed by atoms with Gasteiger partial charge in [-0.3, -0.25) is 0 Å². The van der Waals surface area contributed by atoms with Crippen LogP contribution in [-0.4, -0.2) is 28.3 Å². The molecule has 4 aromatic rings. The van der Waals surface area contributed by atoms with Crippen molar-refractivity contribution in [3.8, 4) is 22.6 Å². The lowest BCUT2D eigenvalue weighted by molar-refractivity contribution is 0.00578. The maximum atomic E-state index is 6.21. The van der Waals surface area contributed by atoms with Crippen molar-refractivity contribution in [3.63, 3.8) is 0 Å². The molecule has 176 valence electrons. The lowest BCUT2D eigenvalue weighted by Gasteiger charge is -2.32. The maximum absolute atomic E-state index is 6.21. The van der Waals surface area contributed by atoms with Gasteiger partial charge in [0.15, 0.2) is 5.82 Å². The highest BCUT2D eigenvalue weighted by Crippen LogP contribution is 2.36. The highest BCUT2D eigenvalue weighted by Gasteiger charge is 2.51. The number of hydrogen-bond donors (Lipinski definition) is 0. The molecule has 0 amide bonds. The number of fused-ring (bicyclic) bond motifs is 1. The minimum Gasteiger partial charge on any atom is -0.399 e. The van der Waals surface area contributed by atoms with Crippen LogP contribution >= 0.6 is 0 Å². The van der Waals surface area contributed by atoms with E-state index in [1.807, 2.05) is 37.3 Å². The largest absolute Gasteiger partial charge is 0.494 e. The van der Waals surface area contributed by atoms with E-state index in [4.69, 9.17) is 19.3 Å². The average Bonchev–Trinajstić information content (AvgIpc) is 3.06. The molecular weight excluding hydrogens is 431 g/mol. The molecule has 3 aromatic carbocycles. The Balaban J connectivity index is 1.56. The number of nitrogens with zero attached hydrogens (tertiary/aromatic N) is 2. The molecule has 0 atom stereocenters. The van der Waals surface area contributed by atoms with Crippen molar-refractivity contribution in [1.29, 1.82) is 0 Å². The number of aryl methyl sites for hydroxylation is 1. The van der Waals surface area contributed by atoms with Crippen molar-refractivity contribution >= 4 is 29.6 Å². The zero-order chi connectivity index (χ0) is 24.8. The summed E-state index contributed by atoms with van der Waals surface area (Å²) in [6.07, 6.45) is 4.20. The standard InChI is InChI=1S/C30H31BN2O2/c1-7-10-22-19-23(14-13-20(22)2)27-25-11-8-9-12-26(25)32-28(33-27)21-15-17-24(18-16-21)31-34-29(3,4)30(5,6)35-31/h7-19H,1-6H3/b10-7-. The van der Waals surface area contributed by atoms with Gasteiger partial charge in [-0.15, -0.1) is 0 Å². The molecule has 0 spiro atoms. The van der Waals surface area contributed by atoms with E-state index in [1.54, 1.807) is 0 Å². The van der Waals surface area contributed by atoms with Crippen LogP contribution in [0.4, 0.5) is 0 Å². The topological polar surface area (TPSA) is 44.2 Å². The van der Waals surface area contributed by atoms with Crippen LogP contribution in [0.15, 0.2) is 72.8 Å². The highest BCUT2D eigenvalue weighted by atomic mass is 16.7. The Morgan fingerprint density at radius 3 is 2.14 bits per heavy atom.